The Balaban J connectivity index is 1.74. The third kappa shape index (κ3) is 4.57. The second-order valence-electron chi connectivity index (χ2n) is 10.6. The van der Waals surface area contributed by atoms with E-state index in [1.165, 1.54) is 7.11 Å². The Morgan fingerprint density at radius 1 is 0.975 bits per heavy atom. The van der Waals surface area contributed by atoms with Crippen LogP contribution in [0, 0.1) is 11.8 Å². The molecule has 0 spiro atoms. The number of aliphatic hydroxyl groups is 1. The van der Waals surface area contributed by atoms with E-state index in [1.807, 2.05) is 45.1 Å². The van der Waals surface area contributed by atoms with Crippen LogP contribution in [-0.4, -0.2) is 41.6 Å². The van der Waals surface area contributed by atoms with Crippen molar-refractivity contribution < 1.29 is 19.4 Å². The van der Waals surface area contributed by atoms with Crippen molar-refractivity contribution in [3.05, 3.63) is 92.5 Å². The zero-order valence-corrected chi connectivity index (χ0v) is 23.8. The monoisotopic (exact) mass is 538 g/mol. The molecular formula is C32H34N4O4. The quantitative estimate of drug-likeness (QED) is 0.266. The summed E-state index contributed by atoms with van der Waals surface area (Å²) in [6, 6.07) is 0. The number of fused-ring (bicyclic) bond motifs is 5. The molecule has 0 aromatic rings. The molecule has 40 heavy (non-hydrogen) atoms. The second kappa shape index (κ2) is 10.7. The number of methoxy groups -OCH3 is 1. The minimum atomic E-state index is -0.268. The Bertz CT molecular complexity index is 1570. The van der Waals surface area contributed by atoms with Crippen LogP contribution < -0.4 is 5.32 Å². The lowest BCUT2D eigenvalue weighted by molar-refractivity contribution is -0.140. The summed E-state index contributed by atoms with van der Waals surface area (Å²) in [6.07, 6.45) is 11.4. The number of aldehydes is 1. The van der Waals surface area contributed by atoms with Gasteiger partial charge in [-0.25, -0.2) is 15.0 Å². The van der Waals surface area contributed by atoms with E-state index in [4.69, 9.17) is 19.7 Å². The first-order valence-corrected chi connectivity index (χ1v) is 13.6. The number of carbonyl (C=O) groups excluding carboxylic acids is 2. The van der Waals surface area contributed by atoms with Crippen LogP contribution in [0.2, 0.25) is 0 Å². The average Bonchev–Trinajstić information content (AvgIpc) is 3.60. The lowest BCUT2D eigenvalue weighted by Gasteiger charge is -2.15. The highest BCUT2D eigenvalue weighted by Crippen LogP contribution is 2.40. The Hall–Kier alpha value is -4.33. The molecule has 206 valence electrons. The van der Waals surface area contributed by atoms with Crippen LogP contribution in [0.3, 0.4) is 0 Å². The van der Waals surface area contributed by atoms with Crippen molar-refractivity contribution in [1.29, 1.82) is 0 Å². The molecule has 5 aliphatic rings. The molecule has 5 heterocycles. The maximum Gasteiger partial charge on any atom is 0.305 e. The Morgan fingerprint density at radius 3 is 2.35 bits per heavy atom. The van der Waals surface area contributed by atoms with Gasteiger partial charge in [0, 0.05) is 40.8 Å². The Kier molecular flexibility index (Phi) is 7.27. The van der Waals surface area contributed by atoms with Gasteiger partial charge in [0.2, 0.25) is 0 Å². The smallest absolute Gasteiger partial charge is 0.305 e. The van der Waals surface area contributed by atoms with Crippen LogP contribution in [0.25, 0.3) is 0 Å². The highest BCUT2D eigenvalue weighted by molar-refractivity contribution is 6.24. The van der Waals surface area contributed by atoms with Crippen LogP contribution in [0.5, 0.6) is 0 Å². The van der Waals surface area contributed by atoms with Gasteiger partial charge in [-0.15, -0.1) is 0 Å². The molecule has 8 heteroatoms. The van der Waals surface area contributed by atoms with Gasteiger partial charge in [0.05, 0.1) is 47.6 Å². The Labute approximate surface area is 234 Å². The molecule has 2 N–H and O–H groups in total. The first kappa shape index (κ1) is 27.2. The van der Waals surface area contributed by atoms with Crippen molar-refractivity contribution in [2.45, 2.75) is 53.9 Å². The molecule has 2 atom stereocenters. The van der Waals surface area contributed by atoms with Crippen molar-refractivity contribution in [2.24, 2.45) is 26.8 Å². The molecule has 0 saturated carbocycles. The topological polar surface area (TPSA) is 113 Å². The number of nitrogens with zero attached hydrogens (tertiary/aromatic N) is 3. The van der Waals surface area contributed by atoms with E-state index in [0.717, 1.165) is 69.8 Å². The number of carbonyl (C=O) groups is 2. The first-order valence-electron chi connectivity index (χ1n) is 13.6. The lowest BCUT2D eigenvalue weighted by atomic mass is 9.88. The fraction of sp³-hybridized carbons (Fsp3) is 0.344. The summed E-state index contributed by atoms with van der Waals surface area (Å²) < 4.78 is 4.90. The summed E-state index contributed by atoms with van der Waals surface area (Å²) in [4.78, 5) is 39.0. The predicted octanol–water partition coefficient (Wildman–Crippen LogP) is 5.67. The van der Waals surface area contributed by atoms with Crippen LogP contribution in [0.1, 0.15) is 53.9 Å². The molecule has 0 aliphatic carbocycles. The van der Waals surface area contributed by atoms with E-state index in [0.29, 0.717) is 34.7 Å². The zero-order valence-electron chi connectivity index (χ0n) is 23.8. The van der Waals surface area contributed by atoms with Crippen molar-refractivity contribution in [3.8, 4) is 0 Å². The number of ether oxygens (including phenoxy) is 1. The third-order valence-electron chi connectivity index (χ3n) is 8.40. The molecule has 5 aliphatic heterocycles. The molecule has 8 nitrogen and oxygen atoms in total. The van der Waals surface area contributed by atoms with Gasteiger partial charge in [-0.05, 0) is 80.2 Å². The van der Waals surface area contributed by atoms with E-state index < -0.39 is 0 Å². The maximum atomic E-state index is 12.2. The number of aliphatic imine (C=N–C) groups is 3. The van der Waals surface area contributed by atoms with Gasteiger partial charge in [-0.2, -0.15) is 0 Å². The van der Waals surface area contributed by atoms with Crippen LogP contribution in [0.15, 0.2) is 107 Å². The SMILES string of the molecule is CCC1=C(C)C2=CC3=NC(=C(C)/C3=C\O)C=C3NC(=CC4=NC(=CC1=N2)C(C)=C4C=O)[C@@H](CCC(=O)OC)[C@@H]3C. The van der Waals surface area contributed by atoms with Gasteiger partial charge >= 0.3 is 5.97 Å². The van der Waals surface area contributed by atoms with Crippen LogP contribution >= 0.6 is 0 Å². The van der Waals surface area contributed by atoms with Crippen molar-refractivity contribution in [1.82, 2.24) is 5.32 Å². The molecular weight excluding hydrogens is 504 g/mol. The number of allylic oxidation sites excluding steroid dienone is 12. The lowest BCUT2D eigenvalue weighted by Crippen LogP contribution is -2.13. The Morgan fingerprint density at radius 2 is 1.68 bits per heavy atom. The first-order chi connectivity index (χ1) is 19.2. The van der Waals surface area contributed by atoms with E-state index in [2.05, 4.69) is 19.2 Å². The molecule has 8 bridgehead atoms. The normalized spacial score (nSPS) is 24.9. The second-order valence-corrected chi connectivity index (χ2v) is 10.6. The molecule has 0 amide bonds. The molecule has 5 rings (SSSR count). The number of hydrogen-bond acceptors (Lipinski definition) is 8. The fourth-order valence-corrected chi connectivity index (χ4v) is 5.86. The van der Waals surface area contributed by atoms with Crippen molar-refractivity contribution >= 4 is 29.4 Å². The van der Waals surface area contributed by atoms with Crippen molar-refractivity contribution in [2.75, 3.05) is 7.11 Å². The summed E-state index contributed by atoms with van der Waals surface area (Å²) in [6.45, 7) is 10.1. The predicted molar refractivity (Wildman–Crippen MR) is 157 cm³/mol. The number of nitrogens with one attached hydrogen (secondary N) is 1. The van der Waals surface area contributed by atoms with Crippen molar-refractivity contribution in [3.63, 3.8) is 0 Å². The summed E-state index contributed by atoms with van der Waals surface area (Å²) in [5, 5.41) is 13.7. The number of hydrogen-bond donors (Lipinski definition) is 2. The molecule has 1 fully saturated rings. The van der Waals surface area contributed by atoms with E-state index in [-0.39, 0.29) is 24.2 Å². The summed E-state index contributed by atoms with van der Waals surface area (Å²) in [5.41, 5.74) is 11.1. The minimum absolute atomic E-state index is 0.0247. The third-order valence-corrected chi connectivity index (χ3v) is 8.40. The van der Waals surface area contributed by atoms with E-state index >= 15 is 0 Å². The van der Waals surface area contributed by atoms with Gasteiger partial charge < -0.3 is 15.2 Å². The average molecular weight is 539 g/mol. The van der Waals surface area contributed by atoms with E-state index in [1.54, 1.807) is 0 Å². The largest absolute Gasteiger partial charge is 0.515 e. The highest BCUT2D eigenvalue weighted by atomic mass is 16.5. The standard InChI is InChI=1S/C32H34N4O4/c1-7-20-16(2)26-12-30-22(14-37)18(4)25(35-30)10-24-17(3)21(8-9-32(39)40-6)29(34-24)13-31-23(15-38)19(5)27(36-31)11-28(20)33-26/h10-15,17,21,34,37H,7-9H2,1-6H3/b22-14+,24-10?,26-12?,27-11?,29-13?/t17-,21-/m0/s1. The summed E-state index contributed by atoms with van der Waals surface area (Å²) >= 11 is 0. The fourth-order valence-electron chi connectivity index (χ4n) is 5.86. The van der Waals surface area contributed by atoms with Gasteiger partial charge in [0.1, 0.15) is 0 Å². The number of aliphatic hydroxyl groups excluding tert-OH is 1. The van der Waals surface area contributed by atoms with Gasteiger partial charge in [-0.3, -0.25) is 9.59 Å². The van der Waals surface area contributed by atoms with Crippen LogP contribution in [-0.2, 0) is 14.3 Å². The number of esters is 1. The molecule has 0 aromatic heterocycles. The van der Waals surface area contributed by atoms with Crippen LogP contribution in [0.4, 0.5) is 0 Å². The molecule has 0 unspecified atom stereocenters. The summed E-state index contributed by atoms with van der Waals surface area (Å²) in [7, 11) is 1.39. The highest BCUT2D eigenvalue weighted by Gasteiger charge is 2.35. The zero-order chi connectivity index (χ0) is 28.7. The van der Waals surface area contributed by atoms with Gasteiger partial charge in [0.15, 0.2) is 6.29 Å². The van der Waals surface area contributed by atoms with Gasteiger partial charge in [0.25, 0.3) is 0 Å². The maximum absolute atomic E-state index is 12.2. The number of rotatable bonds is 5. The molecule has 0 radical (unpaired) electrons. The van der Waals surface area contributed by atoms with Gasteiger partial charge in [-0.1, -0.05) is 13.8 Å². The molecule has 1 saturated heterocycles. The summed E-state index contributed by atoms with van der Waals surface area (Å²) in [5.74, 6) is -0.259. The minimum Gasteiger partial charge on any atom is -0.515 e. The van der Waals surface area contributed by atoms with E-state index in [9.17, 15) is 14.7 Å². The molecule has 0 aromatic carbocycles.